The van der Waals surface area contributed by atoms with E-state index in [1.807, 2.05) is 0 Å². The summed E-state index contributed by atoms with van der Waals surface area (Å²) in [4.78, 5) is 55.4. The lowest BCUT2D eigenvalue weighted by Crippen LogP contribution is -2.35. The van der Waals surface area contributed by atoms with Crippen LogP contribution in [0.5, 0.6) is 0 Å². The van der Waals surface area contributed by atoms with Crippen LogP contribution in [0.4, 0.5) is 0 Å². The van der Waals surface area contributed by atoms with Gasteiger partial charge in [0.25, 0.3) is 17.7 Å². The number of carbonyl (C=O) groups is 4. The molecule has 9 nitrogen and oxygen atoms in total. The van der Waals surface area contributed by atoms with E-state index in [1.165, 1.54) is 11.3 Å². The third-order valence-corrected chi connectivity index (χ3v) is 6.15. The van der Waals surface area contributed by atoms with Gasteiger partial charge in [-0.25, -0.2) is 4.79 Å². The van der Waals surface area contributed by atoms with E-state index in [0.29, 0.717) is 23.5 Å². The highest BCUT2D eigenvalue weighted by Crippen LogP contribution is 2.23. The summed E-state index contributed by atoms with van der Waals surface area (Å²) in [6.45, 7) is 2.35. The maximum atomic E-state index is 12.7. The van der Waals surface area contributed by atoms with Crippen molar-refractivity contribution in [2.45, 2.75) is 13.5 Å². The first kappa shape index (κ1) is 22.6. The molecule has 2 aromatic carbocycles. The number of ether oxygens (including phenoxy) is 2. The van der Waals surface area contributed by atoms with Crippen molar-refractivity contribution in [3.8, 4) is 0 Å². The SMILES string of the molecule is CCOC(=O)c1ccc2c(c1)sc(=NC(=O)CN1C(=O)c3ccccc3C1=O)n2CCOC. The van der Waals surface area contributed by atoms with E-state index in [1.54, 1.807) is 61.1 Å². The standard InChI is InChI=1S/C23H21N3O6S/c1-3-32-22(30)14-8-9-17-18(12-14)33-23(25(17)10-11-31-2)24-19(27)13-26-20(28)15-6-4-5-7-16(15)21(26)29/h4-9,12H,3,10-11,13H2,1-2H3. The molecule has 33 heavy (non-hydrogen) atoms. The Morgan fingerprint density at radius 2 is 1.76 bits per heavy atom. The van der Waals surface area contributed by atoms with Gasteiger partial charge in [-0.05, 0) is 37.3 Å². The molecule has 0 aliphatic carbocycles. The fourth-order valence-electron chi connectivity index (χ4n) is 3.56. The van der Waals surface area contributed by atoms with Gasteiger partial charge in [0.2, 0.25) is 0 Å². The Labute approximate surface area is 192 Å². The number of imide groups is 1. The summed E-state index contributed by atoms with van der Waals surface area (Å²) in [7, 11) is 1.57. The minimum Gasteiger partial charge on any atom is -0.462 e. The molecule has 10 heteroatoms. The molecule has 0 unspecified atom stereocenters. The minimum absolute atomic E-state index is 0.266. The number of methoxy groups -OCH3 is 1. The van der Waals surface area contributed by atoms with Gasteiger partial charge in [-0.1, -0.05) is 23.5 Å². The fraction of sp³-hybridized carbons (Fsp3) is 0.261. The number of esters is 1. The lowest BCUT2D eigenvalue weighted by atomic mass is 10.1. The van der Waals surface area contributed by atoms with E-state index in [0.717, 1.165) is 15.1 Å². The van der Waals surface area contributed by atoms with Crippen molar-refractivity contribution in [3.05, 3.63) is 64.0 Å². The van der Waals surface area contributed by atoms with Crippen LogP contribution in [-0.4, -0.2) is 60.0 Å². The molecule has 4 rings (SSSR count). The normalized spacial score (nSPS) is 13.6. The summed E-state index contributed by atoms with van der Waals surface area (Å²) in [5.41, 5.74) is 1.73. The number of hydrogen-bond donors (Lipinski definition) is 0. The smallest absolute Gasteiger partial charge is 0.338 e. The number of fused-ring (bicyclic) bond motifs is 2. The lowest BCUT2D eigenvalue weighted by molar-refractivity contribution is -0.118. The fourth-order valence-corrected chi connectivity index (χ4v) is 4.67. The second-order valence-corrected chi connectivity index (χ2v) is 8.19. The average Bonchev–Trinajstić information content (AvgIpc) is 3.27. The summed E-state index contributed by atoms with van der Waals surface area (Å²) < 4.78 is 12.8. The monoisotopic (exact) mass is 467 g/mol. The highest BCUT2D eigenvalue weighted by molar-refractivity contribution is 7.16. The van der Waals surface area contributed by atoms with Gasteiger partial charge in [-0.15, -0.1) is 0 Å². The zero-order valence-corrected chi connectivity index (χ0v) is 18.9. The zero-order valence-electron chi connectivity index (χ0n) is 18.1. The Kier molecular flexibility index (Phi) is 6.47. The van der Waals surface area contributed by atoms with Crippen molar-refractivity contribution in [1.29, 1.82) is 0 Å². The van der Waals surface area contributed by atoms with E-state index in [4.69, 9.17) is 9.47 Å². The number of amides is 3. The van der Waals surface area contributed by atoms with Crippen LogP contribution < -0.4 is 4.80 Å². The maximum absolute atomic E-state index is 12.7. The van der Waals surface area contributed by atoms with Gasteiger partial charge >= 0.3 is 5.97 Å². The van der Waals surface area contributed by atoms with Crippen LogP contribution in [0.2, 0.25) is 0 Å². The molecule has 0 spiro atoms. The number of rotatable bonds is 7. The molecule has 0 atom stereocenters. The largest absolute Gasteiger partial charge is 0.462 e. The van der Waals surface area contributed by atoms with Crippen molar-refractivity contribution in [2.24, 2.45) is 4.99 Å². The van der Waals surface area contributed by atoms with Crippen LogP contribution in [0.3, 0.4) is 0 Å². The number of hydrogen-bond acceptors (Lipinski definition) is 7. The van der Waals surface area contributed by atoms with Gasteiger partial charge in [-0.3, -0.25) is 19.3 Å². The third kappa shape index (κ3) is 4.35. The zero-order chi connectivity index (χ0) is 23.5. The first-order valence-corrected chi connectivity index (χ1v) is 11.1. The molecule has 0 N–H and O–H groups in total. The average molecular weight is 468 g/mol. The molecular formula is C23H21N3O6S. The van der Waals surface area contributed by atoms with E-state index < -0.39 is 30.2 Å². The molecule has 1 aliphatic rings. The molecule has 170 valence electrons. The Hall–Kier alpha value is -3.63. The second kappa shape index (κ2) is 9.47. The van der Waals surface area contributed by atoms with E-state index in [2.05, 4.69) is 4.99 Å². The Bertz CT molecular complexity index is 1300. The van der Waals surface area contributed by atoms with Crippen molar-refractivity contribution in [3.63, 3.8) is 0 Å². The predicted molar refractivity (Wildman–Crippen MR) is 120 cm³/mol. The maximum Gasteiger partial charge on any atom is 0.338 e. The topological polar surface area (TPSA) is 107 Å². The summed E-state index contributed by atoms with van der Waals surface area (Å²) in [6.07, 6.45) is 0. The van der Waals surface area contributed by atoms with Crippen LogP contribution in [-0.2, 0) is 20.8 Å². The van der Waals surface area contributed by atoms with E-state index in [-0.39, 0.29) is 17.7 Å². The lowest BCUT2D eigenvalue weighted by Gasteiger charge is -2.10. The van der Waals surface area contributed by atoms with Crippen molar-refractivity contribution >= 4 is 45.2 Å². The second-order valence-electron chi connectivity index (χ2n) is 7.18. The Morgan fingerprint density at radius 1 is 1.06 bits per heavy atom. The first-order valence-electron chi connectivity index (χ1n) is 10.3. The molecule has 1 aromatic heterocycles. The van der Waals surface area contributed by atoms with Gasteiger partial charge in [-0.2, -0.15) is 4.99 Å². The van der Waals surface area contributed by atoms with Crippen LogP contribution in [0.25, 0.3) is 10.2 Å². The molecule has 0 saturated heterocycles. The molecule has 3 aromatic rings. The highest BCUT2D eigenvalue weighted by atomic mass is 32.1. The van der Waals surface area contributed by atoms with Crippen LogP contribution >= 0.6 is 11.3 Å². The van der Waals surface area contributed by atoms with Crippen LogP contribution in [0, 0.1) is 0 Å². The van der Waals surface area contributed by atoms with Gasteiger partial charge in [0.1, 0.15) is 6.54 Å². The summed E-state index contributed by atoms with van der Waals surface area (Å²) >= 11 is 1.22. The number of aromatic nitrogens is 1. The van der Waals surface area contributed by atoms with Crippen LogP contribution in [0.15, 0.2) is 47.5 Å². The number of nitrogens with zero attached hydrogens (tertiary/aromatic N) is 3. The quantitative estimate of drug-likeness (QED) is 0.390. The number of thiazole rings is 1. The molecule has 0 bridgehead atoms. The van der Waals surface area contributed by atoms with Gasteiger partial charge in [0.05, 0.1) is 40.1 Å². The summed E-state index contributed by atoms with van der Waals surface area (Å²) in [6, 6.07) is 11.6. The molecule has 0 fully saturated rings. The highest BCUT2D eigenvalue weighted by Gasteiger charge is 2.36. The number of carbonyl (C=O) groups excluding carboxylic acids is 4. The summed E-state index contributed by atoms with van der Waals surface area (Å²) in [5.74, 6) is -2.09. The van der Waals surface area contributed by atoms with Crippen molar-refractivity contribution < 1.29 is 28.7 Å². The Morgan fingerprint density at radius 3 is 2.39 bits per heavy atom. The molecular weight excluding hydrogens is 446 g/mol. The van der Waals surface area contributed by atoms with E-state index in [9.17, 15) is 19.2 Å². The minimum atomic E-state index is -0.632. The van der Waals surface area contributed by atoms with Gasteiger partial charge < -0.3 is 14.0 Å². The molecule has 0 radical (unpaired) electrons. The molecule has 2 heterocycles. The Balaban J connectivity index is 1.66. The third-order valence-electron chi connectivity index (χ3n) is 5.10. The van der Waals surface area contributed by atoms with Crippen LogP contribution in [0.1, 0.15) is 38.0 Å². The number of benzene rings is 2. The van der Waals surface area contributed by atoms with Crippen molar-refractivity contribution in [2.75, 3.05) is 26.9 Å². The predicted octanol–water partition coefficient (Wildman–Crippen LogP) is 2.25. The molecule has 0 saturated carbocycles. The molecule has 3 amide bonds. The van der Waals surface area contributed by atoms with E-state index >= 15 is 0 Å². The molecule has 1 aliphatic heterocycles. The van der Waals surface area contributed by atoms with Gasteiger partial charge in [0.15, 0.2) is 4.80 Å². The first-order chi connectivity index (χ1) is 15.9. The van der Waals surface area contributed by atoms with Crippen molar-refractivity contribution in [1.82, 2.24) is 9.47 Å². The van der Waals surface area contributed by atoms with Gasteiger partial charge in [0, 0.05) is 13.7 Å². The summed E-state index contributed by atoms with van der Waals surface area (Å²) in [5, 5.41) is 0.